The molecule has 0 saturated heterocycles. The van der Waals surface area contributed by atoms with E-state index >= 15 is 0 Å². The number of furan rings is 1. The highest BCUT2D eigenvalue weighted by Gasteiger charge is 2.40. The number of nitrogens with zero attached hydrogens (tertiary/aromatic N) is 1. The van der Waals surface area contributed by atoms with Crippen LogP contribution in [0.25, 0.3) is 11.5 Å². The Morgan fingerprint density at radius 2 is 2.15 bits per heavy atom. The van der Waals surface area contributed by atoms with Crippen molar-refractivity contribution in [3.63, 3.8) is 0 Å². The molecular formula is C12H13F4N3O. The summed E-state index contributed by atoms with van der Waals surface area (Å²) in [4.78, 5) is 0. The van der Waals surface area contributed by atoms with Gasteiger partial charge >= 0.3 is 12.3 Å². The van der Waals surface area contributed by atoms with Crippen LogP contribution in [0.4, 0.5) is 17.6 Å². The summed E-state index contributed by atoms with van der Waals surface area (Å²) < 4.78 is 54.9. The minimum Gasteiger partial charge on any atom is -0.460 e. The van der Waals surface area contributed by atoms with Crippen LogP contribution in [0, 0.1) is 6.92 Å². The van der Waals surface area contributed by atoms with Gasteiger partial charge < -0.3 is 9.73 Å². The summed E-state index contributed by atoms with van der Waals surface area (Å²) in [6, 6.07) is 3.46. The molecule has 0 unspecified atom stereocenters. The molecule has 4 nitrogen and oxygen atoms in total. The molecular weight excluding hydrogens is 278 g/mol. The van der Waals surface area contributed by atoms with Crippen molar-refractivity contribution in [2.75, 3.05) is 6.54 Å². The number of alkyl halides is 4. The molecule has 2 heterocycles. The van der Waals surface area contributed by atoms with Crippen molar-refractivity contribution in [2.24, 2.45) is 0 Å². The molecule has 8 heteroatoms. The number of halogens is 4. The fourth-order valence-electron chi connectivity index (χ4n) is 1.67. The molecule has 0 fully saturated rings. The van der Waals surface area contributed by atoms with E-state index in [1.165, 1.54) is 6.20 Å². The maximum absolute atomic E-state index is 12.7. The quantitative estimate of drug-likeness (QED) is 0.804. The van der Waals surface area contributed by atoms with Crippen LogP contribution in [-0.2, 0) is 6.54 Å². The number of aromatic nitrogens is 2. The molecule has 110 valence electrons. The topological polar surface area (TPSA) is 53.9 Å². The smallest absolute Gasteiger partial charge is 0.319 e. The normalized spacial score (nSPS) is 12.3. The summed E-state index contributed by atoms with van der Waals surface area (Å²) in [5.41, 5.74) is 1.09. The first-order valence-corrected chi connectivity index (χ1v) is 5.86. The Hall–Kier alpha value is -1.83. The SMILES string of the molecule is Cc1ccc(-c2[nH]ncc2CNCC(F)(F)C(F)F)o1. The average molecular weight is 291 g/mol. The fourth-order valence-corrected chi connectivity index (χ4v) is 1.67. The zero-order chi connectivity index (χ0) is 14.8. The molecule has 0 amide bonds. The first-order valence-electron chi connectivity index (χ1n) is 5.86. The number of H-pyrrole nitrogens is 1. The lowest BCUT2D eigenvalue weighted by Gasteiger charge is -2.15. The van der Waals surface area contributed by atoms with Gasteiger partial charge in [0.2, 0.25) is 0 Å². The summed E-state index contributed by atoms with van der Waals surface area (Å²) in [7, 11) is 0. The minimum atomic E-state index is -4.05. The summed E-state index contributed by atoms with van der Waals surface area (Å²) in [5, 5.41) is 8.78. The lowest BCUT2D eigenvalue weighted by atomic mass is 10.2. The van der Waals surface area contributed by atoms with E-state index in [0.717, 1.165) is 0 Å². The molecule has 2 aromatic heterocycles. The van der Waals surface area contributed by atoms with Crippen LogP contribution in [0.5, 0.6) is 0 Å². The summed E-state index contributed by atoms with van der Waals surface area (Å²) in [6.07, 6.45) is -2.26. The van der Waals surface area contributed by atoms with Crippen molar-refractivity contribution >= 4 is 0 Å². The lowest BCUT2D eigenvalue weighted by molar-refractivity contribution is -0.125. The Morgan fingerprint density at radius 3 is 2.75 bits per heavy atom. The minimum absolute atomic E-state index is 0.0199. The van der Waals surface area contributed by atoms with E-state index in [1.807, 2.05) is 0 Å². The molecule has 2 aromatic rings. The van der Waals surface area contributed by atoms with Crippen LogP contribution in [-0.4, -0.2) is 29.1 Å². The molecule has 0 spiro atoms. The van der Waals surface area contributed by atoms with E-state index in [9.17, 15) is 17.6 Å². The number of hydrogen-bond acceptors (Lipinski definition) is 3. The monoisotopic (exact) mass is 291 g/mol. The van der Waals surface area contributed by atoms with E-state index in [2.05, 4.69) is 15.5 Å². The lowest BCUT2D eigenvalue weighted by Crippen LogP contribution is -2.38. The van der Waals surface area contributed by atoms with Crippen LogP contribution in [0.3, 0.4) is 0 Å². The number of aryl methyl sites for hydroxylation is 1. The van der Waals surface area contributed by atoms with Crippen molar-refractivity contribution < 1.29 is 22.0 Å². The molecule has 0 aliphatic rings. The second kappa shape index (κ2) is 5.66. The zero-order valence-electron chi connectivity index (χ0n) is 10.6. The molecule has 2 rings (SSSR count). The van der Waals surface area contributed by atoms with Crippen molar-refractivity contribution in [1.29, 1.82) is 0 Å². The summed E-state index contributed by atoms with van der Waals surface area (Å²) in [6.45, 7) is 0.640. The first kappa shape index (κ1) is 14.6. The number of aromatic amines is 1. The van der Waals surface area contributed by atoms with Crippen molar-refractivity contribution in [2.45, 2.75) is 25.8 Å². The number of hydrogen-bond donors (Lipinski definition) is 2. The van der Waals surface area contributed by atoms with Crippen LogP contribution in [0.1, 0.15) is 11.3 Å². The van der Waals surface area contributed by atoms with E-state index in [4.69, 9.17) is 4.42 Å². The van der Waals surface area contributed by atoms with Crippen LogP contribution in [0.15, 0.2) is 22.7 Å². The third-order valence-electron chi connectivity index (χ3n) is 2.70. The maximum atomic E-state index is 12.7. The Labute approximate surface area is 112 Å². The van der Waals surface area contributed by atoms with Crippen molar-refractivity contribution in [1.82, 2.24) is 15.5 Å². The third-order valence-corrected chi connectivity index (χ3v) is 2.70. The highest BCUT2D eigenvalue weighted by atomic mass is 19.3. The molecule has 0 radical (unpaired) electrons. The number of rotatable bonds is 6. The molecule has 20 heavy (non-hydrogen) atoms. The van der Waals surface area contributed by atoms with E-state index in [1.54, 1.807) is 19.1 Å². The van der Waals surface area contributed by atoms with Crippen molar-refractivity contribution in [3.8, 4) is 11.5 Å². The second-order valence-corrected chi connectivity index (χ2v) is 4.35. The van der Waals surface area contributed by atoms with Crippen molar-refractivity contribution in [3.05, 3.63) is 29.7 Å². The highest BCUT2D eigenvalue weighted by molar-refractivity contribution is 5.56. The third kappa shape index (κ3) is 3.19. The molecule has 0 saturated carbocycles. The van der Waals surface area contributed by atoms with Gasteiger partial charge in [-0.3, -0.25) is 5.10 Å². The van der Waals surface area contributed by atoms with Gasteiger partial charge in [-0.05, 0) is 19.1 Å². The largest absolute Gasteiger partial charge is 0.460 e. The van der Waals surface area contributed by atoms with E-state index in [0.29, 0.717) is 22.8 Å². The maximum Gasteiger partial charge on any atom is 0.319 e. The summed E-state index contributed by atoms with van der Waals surface area (Å²) in [5.74, 6) is -2.85. The fraction of sp³-hybridized carbons (Fsp3) is 0.417. The zero-order valence-corrected chi connectivity index (χ0v) is 10.6. The molecule has 0 aromatic carbocycles. The molecule has 2 N–H and O–H groups in total. The first-order chi connectivity index (χ1) is 9.40. The standard InChI is InChI=1S/C12H13F4N3O/c1-7-2-3-9(20-7)10-8(5-18-19-10)4-17-6-12(15,16)11(13)14/h2-3,5,11,17H,4,6H2,1H3,(H,18,19). The molecule has 0 atom stereocenters. The number of nitrogens with one attached hydrogen (secondary N) is 2. The van der Waals surface area contributed by atoms with Crippen LogP contribution < -0.4 is 5.32 Å². The van der Waals surface area contributed by atoms with Gasteiger partial charge in [0.15, 0.2) is 5.76 Å². The second-order valence-electron chi connectivity index (χ2n) is 4.35. The van der Waals surface area contributed by atoms with E-state index in [-0.39, 0.29) is 6.54 Å². The van der Waals surface area contributed by atoms with Gasteiger partial charge in [-0.25, -0.2) is 8.78 Å². The van der Waals surface area contributed by atoms with Gasteiger partial charge in [0.05, 0.1) is 12.7 Å². The van der Waals surface area contributed by atoms with Gasteiger partial charge in [0.25, 0.3) is 0 Å². The average Bonchev–Trinajstić information content (AvgIpc) is 2.97. The van der Waals surface area contributed by atoms with Crippen LogP contribution in [0.2, 0.25) is 0 Å². The van der Waals surface area contributed by atoms with Gasteiger partial charge in [0, 0.05) is 12.1 Å². The molecule has 0 aliphatic heterocycles. The predicted molar refractivity (Wildman–Crippen MR) is 63.7 cm³/mol. The van der Waals surface area contributed by atoms with E-state index < -0.39 is 18.9 Å². The van der Waals surface area contributed by atoms with Gasteiger partial charge in [-0.15, -0.1) is 0 Å². The Bertz CT molecular complexity index is 565. The highest BCUT2D eigenvalue weighted by Crippen LogP contribution is 2.24. The molecule has 0 bridgehead atoms. The van der Waals surface area contributed by atoms with Gasteiger partial charge in [0.1, 0.15) is 11.5 Å². The predicted octanol–water partition coefficient (Wildman–Crippen LogP) is 2.97. The Morgan fingerprint density at radius 1 is 1.40 bits per heavy atom. The summed E-state index contributed by atoms with van der Waals surface area (Å²) >= 11 is 0. The Kier molecular flexibility index (Phi) is 4.12. The molecule has 0 aliphatic carbocycles. The Balaban J connectivity index is 2.00. The van der Waals surface area contributed by atoms with Gasteiger partial charge in [-0.1, -0.05) is 0 Å². The van der Waals surface area contributed by atoms with Gasteiger partial charge in [-0.2, -0.15) is 13.9 Å². The van der Waals surface area contributed by atoms with Crippen LogP contribution >= 0.6 is 0 Å².